The monoisotopic (exact) mass is 1150 g/mol. The van der Waals surface area contributed by atoms with Crippen molar-refractivity contribution < 1.29 is 71.4 Å². The number of hydrogen-bond acceptors (Lipinski definition) is 16. The first-order valence-corrected chi connectivity index (χ1v) is 32.5. The Kier molecular flexibility index (Phi) is 39.8. The lowest BCUT2D eigenvalue weighted by molar-refractivity contribution is -0.161. The minimum absolute atomic E-state index is 0.0144. The van der Waals surface area contributed by atoms with Gasteiger partial charge in [-0.3, -0.25) is 23.2 Å². The van der Waals surface area contributed by atoms with Gasteiger partial charge in [-0.15, -0.1) is 0 Å². The van der Waals surface area contributed by atoms with Crippen LogP contribution in [0.2, 0.25) is 0 Å². The molecule has 1 aliphatic rings. The molecule has 1 saturated heterocycles. The number of allylic oxidation sites excluding steroid dienone is 5. The molecule has 1 aromatic rings. The number of ether oxygens (including phenoxy) is 3. The van der Waals surface area contributed by atoms with E-state index in [1.165, 1.54) is 141 Å². The van der Waals surface area contributed by atoms with Crippen molar-refractivity contribution in [1.29, 1.82) is 0 Å². The zero-order valence-corrected chi connectivity index (χ0v) is 49.3. The molecule has 4 unspecified atom stereocenters. The van der Waals surface area contributed by atoms with Crippen molar-refractivity contribution in [3.8, 4) is 0 Å². The maximum atomic E-state index is 12.9. The molecule has 21 heteroatoms. The molecule has 1 fully saturated rings. The van der Waals surface area contributed by atoms with Gasteiger partial charge >= 0.3 is 33.3 Å². The number of phosphoric ester groups is 2. The van der Waals surface area contributed by atoms with Gasteiger partial charge in [-0.25, -0.2) is 13.9 Å². The highest BCUT2D eigenvalue weighted by Crippen LogP contribution is 2.60. The van der Waals surface area contributed by atoms with E-state index in [0.717, 1.165) is 55.2 Å². The topological polar surface area (TPSA) is 286 Å². The summed E-state index contributed by atoms with van der Waals surface area (Å²) in [6.07, 6.45) is 38.1. The third-order valence-corrected chi connectivity index (χ3v) is 16.5. The van der Waals surface area contributed by atoms with Gasteiger partial charge in [0, 0.05) is 19.0 Å². The number of anilines is 1. The number of phosphoric acid groups is 2. The lowest BCUT2D eigenvalue weighted by Crippen LogP contribution is -2.36. The van der Waals surface area contributed by atoms with Gasteiger partial charge in [0.15, 0.2) is 12.3 Å². The summed E-state index contributed by atoms with van der Waals surface area (Å²) < 4.78 is 56.9. The van der Waals surface area contributed by atoms with Gasteiger partial charge in [0.25, 0.3) is 0 Å². The minimum atomic E-state index is -5.46. The summed E-state index contributed by atoms with van der Waals surface area (Å²) in [5, 5.41) is 31.4. The van der Waals surface area contributed by atoms with Crippen molar-refractivity contribution in [2.45, 2.75) is 263 Å². The first-order valence-electron chi connectivity index (χ1n) is 29.5. The highest BCUT2D eigenvalue weighted by Gasteiger charge is 2.46. The van der Waals surface area contributed by atoms with E-state index in [1.54, 1.807) is 12.2 Å². The van der Waals surface area contributed by atoms with Crippen LogP contribution in [0.15, 0.2) is 53.5 Å². The number of nitrogens with two attached hydrogens (primary N) is 1. The standard InChI is InChI=1S/C57H101N3O16P2/c1-4-6-7-8-9-10-11-18-22-25-28-31-34-38-48(61)39-36-41-52(62)71-44-49(74-53(63)40-35-32-29-26-23-20-17-15-13-12-14-16-19-21-24-27-30-33-37-47(3)5-2)45-72-77(67,68)76-78(69,70)73-46-50-54(64)55(65)56(75-50)60-43-42-51(58)59-57(60)66/h18,22,28,31,34,38,42-43,47-50,54-56,61,64-65H,4-17,19-21,23-27,29-30,32-33,35-37,39-41,44-46H2,1-3H3,(H,67,68)(H,69,70)(H2,58,59,66)/b22-18+,31-28+,38-34+/t47?,48?,49-,50-,54-,55-,56-/m1/s1. The number of nitrogens with zero attached hydrogens (tertiary/aromatic N) is 2. The number of nitrogen functional groups attached to an aromatic ring is 1. The van der Waals surface area contributed by atoms with E-state index in [-0.39, 0.29) is 31.5 Å². The van der Waals surface area contributed by atoms with Crippen LogP contribution in [0.3, 0.4) is 0 Å². The molecule has 0 bridgehead atoms. The van der Waals surface area contributed by atoms with Gasteiger partial charge in [-0.1, -0.05) is 211 Å². The maximum absolute atomic E-state index is 12.9. The first kappa shape index (κ1) is 71.0. The fourth-order valence-corrected chi connectivity index (χ4v) is 11.0. The van der Waals surface area contributed by atoms with Crippen LogP contribution in [0, 0.1) is 5.92 Å². The summed E-state index contributed by atoms with van der Waals surface area (Å²) in [7, 11) is -10.9. The lowest BCUT2D eigenvalue weighted by Gasteiger charge is -2.21. The van der Waals surface area contributed by atoms with Gasteiger partial charge in [-0.05, 0) is 50.5 Å². The van der Waals surface area contributed by atoms with E-state index in [9.17, 15) is 48.6 Å². The normalized spacial score (nSPS) is 19.6. The predicted octanol–water partition coefficient (Wildman–Crippen LogP) is 12.3. The first-order chi connectivity index (χ1) is 37.5. The predicted molar refractivity (Wildman–Crippen MR) is 304 cm³/mol. The van der Waals surface area contributed by atoms with Crippen molar-refractivity contribution in [2.24, 2.45) is 5.92 Å². The van der Waals surface area contributed by atoms with Crippen molar-refractivity contribution in [1.82, 2.24) is 9.55 Å². The summed E-state index contributed by atoms with van der Waals surface area (Å²) in [6, 6.07) is 1.24. The molecule has 19 nitrogen and oxygen atoms in total. The summed E-state index contributed by atoms with van der Waals surface area (Å²) >= 11 is 0. The van der Waals surface area contributed by atoms with E-state index in [4.69, 9.17) is 29.0 Å². The minimum Gasteiger partial charge on any atom is -0.462 e. The number of hydrogen-bond donors (Lipinski definition) is 6. The summed E-state index contributed by atoms with van der Waals surface area (Å²) in [6.45, 7) is 4.38. The maximum Gasteiger partial charge on any atom is 0.481 e. The summed E-state index contributed by atoms with van der Waals surface area (Å²) in [5.41, 5.74) is 4.59. The SMILES string of the molecule is CCCCCCCC/C=C/C/C=C/C=C/C(O)CCCC(=O)OC[C@H](COP(=O)(O)OP(=O)(O)OC[C@H]1O[C@@H](n2ccc(N)nc2=O)[C@H](O)[C@@H]1O)OC(=O)CCCCCCCCCCCCCCCCCCCCC(C)CC. The fraction of sp³-hybridized carbons (Fsp3) is 0.789. The van der Waals surface area contributed by atoms with E-state index >= 15 is 0 Å². The quantitative estimate of drug-likeness (QED) is 0.0116. The highest BCUT2D eigenvalue weighted by molar-refractivity contribution is 7.61. The molecule has 1 aromatic heterocycles. The van der Waals surface area contributed by atoms with Gasteiger partial charge in [0.2, 0.25) is 0 Å². The van der Waals surface area contributed by atoms with Crippen LogP contribution < -0.4 is 11.4 Å². The van der Waals surface area contributed by atoms with Crippen molar-refractivity contribution in [3.63, 3.8) is 0 Å². The van der Waals surface area contributed by atoms with Crippen molar-refractivity contribution in [3.05, 3.63) is 59.2 Å². The largest absolute Gasteiger partial charge is 0.481 e. The number of rotatable bonds is 49. The molecular formula is C57H101N3O16P2. The number of esters is 2. The Morgan fingerprint density at radius 1 is 0.718 bits per heavy atom. The molecule has 9 atom stereocenters. The second-order valence-electron chi connectivity index (χ2n) is 20.9. The summed E-state index contributed by atoms with van der Waals surface area (Å²) in [4.78, 5) is 62.2. The number of carbonyl (C=O) groups is 2. The molecule has 2 heterocycles. The van der Waals surface area contributed by atoms with E-state index in [2.05, 4.69) is 42.2 Å². The zero-order valence-electron chi connectivity index (χ0n) is 47.5. The third-order valence-electron chi connectivity index (χ3n) is 13.9. The van der Waals surface area contributed by atoms with Crippen LogP contribution in [0.4, 0.5) is 5.82 Å². The molecule has 1 aliphatic heterocycles. The van der Waals surface area contributed by atoms with Crippen LogP contribution in [-0.4, -0.2) is 96.9 Å². The Morgan fingerprint density at radius 2 is 1.28 bits per heavy atom. The van der Waals surface area contributed by atoms with Crippen molar-refractivity contribution >= 4 is 33.4 Å². The lowest BCUT2D eigenvalue weighted by atomic mass is 9.99. The molecule has 7 N–H and O–H groups in total. The molecule has 0 amide bonds. The van der Waals surface area contributed by atoms with Crippen LogP contribution in [0.1, 0.15) is 232 Å². The molecule has 2 rings (SSSR count). The van der Waals surface area contributed by atoms with Gasteiger partial charge < -0.3 is 45.1 Å². The molecule has 0 radical (unpaired) electrons. The fourth-order valence-electron chi connectivity index (χ4n) is 8.89. The number of aliphatic hydroxyl groups is 3. The Labute approximate surface area is 466 Å². The molecular weight excluding hydrogens is 1040 g/mol. The number of aliphatic hydroxyl groups excluding tert-OH is 3. The zero-order chi connectivity index (χ0) is 57.3. The molecule has 0 aliphatic carbocycles. The van der Waals surface area contributed by atoms with E-state index < -0.39 is 89.8 Å². The summed E-state index contributed by atoms with van der Waals surface area (Å²) in [5.74, 6) is -0.625. The van der Waals surface area contributed by atoms with Crippen LogP contribution in [0.5, 0.6) is 0 Å². The number of unbranched alkanes of at least 4 members (excludes halogenated alkanes) is 23. The third kappa shape index (κ3) is 35.6. The molecule has 0 saturated carbocycles. The number of carbonyl (C=O) groups excluding carboxylic acids is 2. The number of aromatic nitrogens is 2. The van der Waals surface area contributed by atoms with Gasteiger partial charge in [0.1, 0.15) is 30.7 Å². The van der Waals surface area contributed by atoms with Crippen LogP contribution in [-0.2, 0) is 46.3 Å². The van der Waals surface area contributed by atoms with Crippen LogP contribution >= 0.6 is 15.6 Å². The molecule has 0 spiro atoms. The Balaban J connectivity index is 1.78. The Morgan fingerprint density at radius 3 is 1.88 bits per heavy atom. The average molecular weight is 1150 g/mol. The molecule has 0 aromatic carbocycles. The van der Waals surface area contributed by atoms with E-state index in [0.29, 0.717) is 6.42 Å². The van der Waals surface area contributed by atoms with Gasteiger partial charge in [0.05, 0.1) is 19.3 Å². The van der Waals surface area contributed by atoms with Gasteiger partial charge in [-0.2, -0.15) is 9.29 Å². The Hall–Kier alpha value is -3.06. The highest BCUT2D eigenvalue weighted by atomic mass is 31.3. The Bertz CT molecular complexity index is 1990. The van der Waals surface area contributed by atoms with Crippen LogP contribution in [0.25, 0.3) is 0 Å². The second-order valence-corrected chi connectivity index (χ2v) is 24.0. The average Bonchev–Trinajstić information content (AvgIpc) is 3.68. The smallest absolute Gasteiger partial charge is 0.462 e. The van der Waals surface area contributed by atoms with Crippen molar-refractivity contribution in [2.75, 3.05) is 25.6 Å². The van der Waals surface area contributed by atoms with E-state index in [1.807, 2.05) is 12.2 Å². The second kappa shape index (κ2) is 43.6. The molecule has 450 valence electrons. The molecule has 78 heavy (non-hydrogen) atoms.